The molecular weight excluding hydrogens is 318 g/mol. The van der Waals surface area contributed by atoms with Gasteiger partial charge in [-0.3, -0.25) is 0 Å². The Balaban J connectivity index is 1.78. The highest BCUT2D eigenvalue weighted by molar-refractivity contribution is 7.91. The Kier molecular flexibility index (Phi) is 4.10. The maximum Gasteiger partial charge on any atom is 0.252 e. The van der Waals surface area contributed by atoms with Crippen molar-refractivity contribution in [3.05, 3.63) is 65.8 Å². The van der Waals surface area contributed by atoms with Gasteiger partial charge in [-0.25, -0.2) is 13.1 Å². The number of aromatic nitrogens is 2. The second-order valence-electron chi connectivity index (χ2n) is 4.82. The van der Waals surface area contributed by atoms with Crippen LogP contribution in [0, 0.1) is 0 Å². The SMILES string of the molecule is CN(Cc1cnn(-c2ccccc2)c1)S(=O)(=O)c1cccs1. The monoisotopic (exact) mass is 333 g/mol. The van der Waals surface area contributed by atoms with Crippen LogP contribution >= 0.6 is 11.3 Å². The van der Waals surface area contributed by atoms with E-state index >= 15 is 0 Å². The van der Waals surface area contributed by atoms with Gasteiger partial charge in [0.25, 0.3) is 10.0 Å². The van der Waals surface area contributed by atoms with Crippen molar-refractivity contribution in [2.24, 2.45) is 0 Å². The minimum absolute atomic E-state index is 0.285. The first kappa shape index (κ1) is 15.0. The third-order valence-electron chi connectivity index (χ3n) is 3.22. The van der Waals surface area contributed by atoms with Crippen molar-refractivity contribution in [3.8, 4) is 5.69 Å². The van der Waals surface area contributed by atoms with Crippen molar-refractivity contribution in [2.75, 3.05) is 7.05 Å². The highest BCUT2D eigenvalue weighted by Gasteiger charge is 2.22. The van der Waals surface area contributed by atoms with Crippen LogP contribution in [0.5, 0.6) is 0 Å². The summed E-state index contributed by atoms with van der Waals surface area (Å²) >= 11 is 1.22. The molecule has 0 N–H and O–H groups in total. The maximum absolute atomic E-state index is 12.4. The van der Waals surface area contributed by atoms with Crippen LogP contribution in [0.15, 0.2) is 64.4 Å². The molecule has 7 heteroatoms. The van der Waals surface area contributed by atoms with Crippen LogP contribution in [0.1, 0.15) is 5.56 Å². The molecule has 0 bridgehead atoms. The summed E-state index contributed by atoms with van der Waals surface area (Å²) in [5.74, 6) is 0. The van der Waals surface area contributed by atoms with E-state index in [0.717, 1.165) is 11.3 Å². The Morgan fingerprint density at radius 1 is 1.18 bits per heavy atom. The van der Waals surface area contributed by atoms with Crippen LogP contribution in [-0.2, 0) is 16.6 Å². The summed E-state index contributed by atoms with van der Waals surface area (Å²) in [6.45, 7) is 0.285. The lowest BCUT2D eigenvalue weighted by molar-refractivity contribution is 0.468. The second kappa shape index (κ2) is 6.04. The average Bonchev–Trinajstić information content (AvgIpc) is 3.20. The van der Waals surface area contributed by atoms with Crippen molar-refractivity contribution in [1.82, 2.24) is 14.1 Å². The van der Waals surface area contributed by atoms with Crippen LogP contribution in [0.25, 0.3) is 5.69 Å². The van der Waals surface area contributed by atoms with Gasteiger partial charge in [-0.05, 0) is 23.6 Å². The number of benzene rings is 1. The summed E-state index contributed by atoms with van der Waals surface area (Å²) in [5, 5.41) is 6.04. The van der Waals surface area contributed by atoms with Gasteiger partial charge in [0, 0.05) is 25.4 Å². The standard InChI is InChI=1S/C15H15N3O2S2/c1-17(22(19,20)15-8-5-9-21-15)11-13-10-16-18(12-13)14-6-3-2-4-7-14/h2-10,12H,11H2,1H3. The molecule has 5 nitrogen and oxygen atoms in total. The normalized spacial score (nSPS) is 11.9. The third kappa shape index (κ3) is 2.96. The molecular formula is C15H15N3O2S2. The van der Waals surface area contributed by atoms with E-state index < -0.39 is 10.0 Å². The van der Waals surface area contributed by atoms with Crippen molar-refractivity contribution in [3.63, 3.8) is 0 Å². The van der Waals surface area contributed by atoms with Gasteiger partial charge in [0.2, 0.25) is 0 Å². The smallest absolute Gasteiger partial charge is 0.241 e. The number of nitrogens with zero attached hydrogens (tertiary/aromatic N) is 3. The highest BCUT2D eigenvalue weighted by Crippen LogP contribution is 2.21. The number of sulfonamides is 1. The molecule has 0 spiro atoms. The van der Waals surface area contributed by atoms with Gasteiger partial charge in [0.1, 0.15) is 4.21 Å². The van der Waals surface area contributed by atoms with Crippen molar-refractivity contribution < 1.29 is 8.42 Å². The molecule has 2 heterocycles. The van der Waals surface area contributed by atoms with Crippen LogP contribution in [0.4, 0.5) is 0 Å². The van der Waals surface area contributed by atoms with E-state index in [1.165, 1.54) is 15.6 Å². The summed E-state index contributed by atoms with van der Waals surface area (Å²) in [7, 11) is -1.86. The largest absolute Gasteiger partial charge is 0.252 e. The van der Waals surface area contributed by atoms with Gasteiger partial charge in [-0.15, -0.1) is 11.3 Å². The second-order valence-corrected chi connectivity index (χ2v) is 8.04. The molecule has 0 atom stereocenters. The highest BCUT2D eigenvalue weighted by atomic mass is 32.2. The molecule has 3 rings (SSSR count). The number of thiophene rings is 1. The van der Waals surface area contributed by atoms with Gasteiger partial charge >= 0.3 is 0 Å². The lowest BCUT2D eigenvalue weighted by Crippen LogP contribution is -2.25. The molecule has 0 aliphatic carbocycles. The predicted octanol–water partition coefficient (Wildman–Crippen LogP) is 2.75. The number of hydrogen-bond acceptors (Lipinski definition) is 4. The number of rotatable bonds is 5. The molecule has 0 saturated heterocycles. The van der Waals surface area contributed by atoms with E-state index in [1.54, 1.807) is 35.4 Å². The molecule has 1 aromatic carbocycles. The van der Waals surface area contributed by atoms with E-state index in [2.05, 4.69) is 5.10 Å². The van der Waals surface area contributed by atoms with E-state index in [9.17, 15) is 8.42 Å². The molecule has 0 fully saturated rings. The van der Waals surface area contributed by atoms with Gasteiger partial charge in [-0.2, -0.15) is 9.40 Å². The molecule has 0 radical (unpaired) electrons. The van der Waals surface area contributed by atoms with Gasteiger partial charge in [-0.1, -0.05) is 24.3 Å². The van der Waals surface area contributed by atoms with Crippen molar-refractivity contribution in [2.45, 2.75) is 10.8 Å². The topological polar surface area (TPSA) is 55.2 Å². The van der Waals surface area contributed by atoms with Gasteiger partial charge in [0.15, 0.2) is 0 Å². The van der Waals surface area contributed by atoms with Crippen molar-refractivity contribution >= 4 is 21.4 Å². The minimum atomic E-state index is -3.43. The molecule has 0 unspecified atom stereocenters. The lowest BCUT2D eigenvalue weighted by Gasteiger charge is -2.14. The molecule has 0 aliphatic heterocycles. The first-order valence-corrected chi connectivity index (χ1v) is 8.98. The Bertz CT molecular complexity index is 840. The minimum Gasteiger partial charge on any atom is -0.241 e. The first-order chi connectivity index (χ1) is 10.6. The van der Waals surface area contributed by atoms with Gasteiger partial charge in [0.05, 0.1) is 11.9 Å². The van der Waals surface area contributed by atoms with Gasteiger partial charge < -0.3 is 0 Å². The summed E-state index contributed by atoms with van der Waals surface area (Å²) in [6.07, 6.45) is 3.53. The molecule has 0 amide bonds. The average molecular weight is 333 g/mol. The molecule has 2 aromatic heterocycles. The molecule has 114 valence electrons. The Morgan fingerprint density at radius 2 is 1.95 bits per heavy atom. The van der Waals surface area contributed by atoms with E-state index in [0.29, 0.717) is 4.21 Å². The van der Waals surface area contributed by atoms with Crippen molar-refractivity contribution in [1.29, 1.82) is 0 Å². The van der Waals surface area contributed by atoms with E-state index in [1.807, 2.05) is 36.5 Å². The molecule has 22 heavy (non-hydrogen) atoms. The summed E-state index contributed by atoms with van der Waals surface area (Å²) in [6, 6.07) is 13.1. The number of para-hydroxylation sites is 1. The quantitative estimate of drug-likeness (QED) is 0.721. The maximum atomic E-state index is 12.4. The van der Waals surface area contributed by atoms with Crippen LogP contribution < -0.4 is 0 Å². The Hall–Kier alpha value is -1.96. The zero-order valence-electron chi connectivity index (χ0n) is 12.0. The molecule has 0 aliphatic rings. The third-order valence-corrected chi connectivity index (χ3v) is 6.40. The van der Waals surface area contributed by atoms with Crippen LogP contribution in [0.2, 0.25) is 0 Å². The summed E-state index contributed by atoms with van der Waals surface area (Å²) in [5.41, 5.74) is 1.78. The molecule has 3 aromatic rings. The predicted molar refractivity (Wildman–Crippen MR) is 86.5 cm³/mol. The van der Waals surface area contributed by atoms with Crippen LogP contribution in [-0.4, -0.2) is 29.6 Å². The molecule has 0 saturated carbocycles. The fourth-order valence-corrected chi connectivity index (χ4v) is 4.43. The van der Waals surface area contributed by atoms with E-state index in [4.69, 9.17) is 0 Å². The Morgan fingerprint density at radius 3 is 2.64 bits per heavy atom. The zero-order valence-corrected chi connectivity index (χ0v) is 13.6. The summed E-state index contributed by atoms with van der Waals surface area (Å²) in [4.78, 5) is 0. The lowest BCUT2D eigenvalue weighted by atomic mass is 10.3. The van der Waals surface area contributed by atoms with E-state index in [-0.39, 0.29) is 6.54 Å². The Labute approximate surface area is 133 Å². The fourth-order valence-electron chi connectivity index (χ4n) is 2.07. The zero-order chi connectivity index (χ0) is 15.6. The first-order valence-electron chi connectivity index (χ1n) is 6.66. The van der Waals surface area contributed by atoms with Crippen LogP contribution in [0.3, 0.4) is 0 Å². The summed E-state index contributed by atoms with van der Waals surface area (Å²) < 4.78 is 28.2. The number of hydrogen-bond donors (Lipinski definition) is 0. The fraction of sp³-hybridized carbons (Fsp3) is 0.133.